The Hall–Kier alpha value is -3.35. The van der Waals surface area contributed by atoms with Gasteiger partial charge in [0.05, 0.1) is 13.2 Å². The van der Waals surface area contributed by atoms with Crippen LogP contribution in [0.15, 0.2) is 48.5 Å². The number of carbonyl (C=O) groups is 3. The molecule has 1 fully saturated rings. The number of imide groups is 1. The molecule has 168 valence electrons. The topological polar surface area (TPSA) is 87.7 Å². The van der Waals surface area contributed by atoms with E-state index < -0.39 is 11.6 Å². The normalized spacial score (nSPS) is 20.4. The predicted octanol–water partition coefficient (Wildman–Crippen LogP) is 3.29. The monoisotopic (exact) mass is 435 g/mol. The first-order chi connectivity index (χ1) is 15.3. The summed E-state index contributed by atoms with van der Waals surface area (Å²) in [6.07, 6.45) is 1.90. The Bertz CT molecular complexity index is 1040. The van der Waals surface area contributed by atoms with Crippen LogP contribution >= 0.6 is 0 Å². The van der Waals surface area contributed by atoms with Gasteiger partial charge in [0.1, 0.15) is 17.8 Å². The number of nitrogens with one attached hydrogen (secondary N) is 2. The molecule has 0 radical (unpaired) electrons. The summed E-state index contributed by atoms with van der Waals surface area (Å²) in [5.74, 6) is 0.252. The molecule has 1 aliphatic heterocycles. The molecule has 2 atom stereocenters. The number of rotatable bonds is 7. The molecule has 2 aliphatic rings. The first-order valence-electron chi connectivity index (χ1n) is 11.0. The van der Waals surface area contributed by atoms with Crippen LogP contribution in [0.2, 0.25) is 0 Å². The van der Waals surface area contributed by atoms with Crippen molar-refractivity contribution < 1.29 is 19.1 Å². The summed E-state index contributed by atoms with van der Waals surface area (Å²) < 4.78 is 5.31. The summed E-state index contributed by atoms with van der Waals surface area (Å²) in [6.45, 7) is 3.87. The third kappa shape index (κ3) is 3.95. The largest absolute Gasteiger partial charge is 0.497 e. The molecule has 1 heterocycles. The molecule has 1 saturated heterocycles. The van der Waals surface area contributed by atoms with E-state index in [0.29, 0.717) is 24.5 Å². The maximum absolute atomic E-state index is 13.4. The van der Waals surface area contributed by atoms with Crippen molar-refractivity contribution in [2.24, 2.45) is 5.92 Å². The molecule has 0 bridgehead atoms. The molecule has 2 aromatic carbocycles. The van der Waals surface area contributed by atoms with Gasteiger partial charge in [-0.2, -0.15) is 0 Å². The molecular formula is C25H29N3O4. The van der Waals surface area contributed by atoms with E-state index in [1.807, 2.05) is 42.5 Å². The van der Waals surface area contributed by atoms with E-state index in [4.69, 9.17) is 4.74 Å². The van der Waals surface area contributed by atoms with Crippen LogP contribution in [0.5, 0.6) is 5.75 Å². The number of fused-ring (bicyclic) bond motifs is 2. The van der Waals surface area contributed by atoms with Gasteiger partial charge in [-0.25, -0.2) is 4.79 Å². The molecule has 2 aromatic rings. The lowest BCUT2D eigenvalue weighted by Crippen LogP contribution is -2.44. The highest BCUT2D eigenvalue weighted by Gasteiger charge is 2.55. The molecule has 7 nitrogen and oxygen atoms in total. The predicted molar refractivity (Wildman–Crippen MR) is 120 cm³/mol. The summed E-state index contributed by atoms with van der Waals surface area (Å²) in [4.78, 5) is 40.1. The number of hydrogen-bond acceptors (Lipinski definition) is 4. The van der Waals surface area contributed by atoms with Gasteiger partial charge in [0, 0.05) is 0 Å². The van der Waals surface area contributed by atoms with Crippen LogP contribution < -0.4 is 15.4 Å². The van der Waals surface area contributed by atoms with Gasteiger partial charge < -0.3 is 15.4 Å². The highest BCUT2D eigenvalue weighted by atomic mass is 16.5. The van der Waals surface area contributed by atoms with Crippen molar-refractivity contribution in [3.05, 3.63) is 65.2 Å². The lowest BCUT2D eigenvalue weighted by molar-refractivity contribution is -0.135. The maximum Gasteiger partial charge on any atom is 0.325 e. The Morgan fingerprint density at radius 2 is 1.94 bits per heavy atom. The van der Waals surface area contributed by atoms with Crippen molar-refractivity contribution >= 4 is 17.8 Å². The second-order valence-electron chi connectivity index (χ2n) is 8.91. The minimum Gasteiger partial charge on any atom is -0.497 e. The van der Waals surface area contributed by atoms with Gasteiger partial charge in [0.15, 0.2) is 0 Å². The average molecular weight is 436 g/mol. The van der Waals surface area contributed by atoms with Crippen molar-refractivity contribution in [1.29, 1.82) is 0 Å². The van der Waals surface area contributed by atoms with E-state index in [2.05, 4.69) is 24.5 Å². The third-order valence-corrected chi connectivity index (χ3v) is 6.27. The van der Waals surface area contributed by atoms with Gasteiger partial charge in [0.25, 0.3) is 5.91 Å². The van der Waals surface area contributed by atoms with Gasteiger partial charge in [0.2, 0.25) is 5.91 Å². The number of aryl methyl sites for hydroxylation is 1. The molecular weight excluding hydrogens is 406 g/mol. The van der Waals surface area contributed by atoms with E-state index in [0.717, 1.165) is 28.0 Å². The Morgan fingerprint density at radius 3 is 2.62 bits per heavy atom. The van der Waals surface area contributed by atoms with E-state index in [1.54, 1.807) is 13.2 Å². The van der Waals surface area contributed by atoms with Crippen LogP contribution in [0.4, 0.5) is 4.79 Å². The molecule has 4 rings (SSSR count). The number of amides is 4. The molecule has 0 aromatic heterocycles. The van der Waals surface area contributed by atoms with Crippen LogP contribution in [0.25, 0.3) is 0 Å². The van der Waals surface area contributed by atoms with Gasteiger partial charge in [-0.1, -0.05) is 50.2 Å². The number of ether oxygens (including phenoxy) is 1. The molecule has 0 unspecified atom stereocenters. The quantitative estimate of drug-likeness (QED) is 0.654. The zero-order valence-corrected chi connectivity index (χ0v) is 18.7. The van der Waals surface area contributed by atoms with Crippen molar-refractivity contribution in [3.8, 4) is 5.75 Å². The van der Waals surface area contributed by atoms with Crippen LogP contribution in [0.1, 0.15) is 49.4 Å². The summed E-state index contributed by atoms with van der Waals surface area (Å²) in [7, 11) is 1.56. The SMILES string of the molecule is COc1ccc2c(c1)[C@@]1(CC2)NC(=O)N(CC(=O)N[C@H](CC(C)C)c2ccccc2)C1=O. The van der Waals surface area contributed by atoms with E-state index in [-0.39, 0.29) is 24.4 Å². The first kappa shape index (κ1) is 21.9. The Kier molecular flexibility index (Phi) is 5.91. The Morgan fingerprint density at radius 1 is 1.19 bits per heavy atom. The number of urea groups is 1. The Balaban J connectivity index is 1.51. The molecule has 0 saturated carbocycles. The smallest absolute Gasteiger partial charge is 0.325 e. The number of nitrogens with zero attached hydrogens (tertiary/aromatic N) is 1. The van der Waals surface area contributed by atoms with Crippen LogP contribution in [0.3, 0.4) is 0 Å². The third-order valence-electron chi connectivity index (χ3n) is 6.27. The van der Waals surface area contributed by atoms with E-state index >= 15 is 0 Å². The van der Waals surface area contributed by atoms with Crippen molar-refractivity contribution in [1.82, 2.24) is 15.5 Å². The summed E-state index contributed by atoms with van der Waals surface area (Å²) in [5, 5.41) is 5.88. The molecule has 1 spiro atoms. The number of hydrogen-bond donors (Lipinski definition) is 2. The number of carbonyl (C=O) groups excluding carboxylic acids is 3. The molecule has 1 aliphatic carbocycles. The zero-order valence-electron chi connectivity index (χ0n) is 18.7. The fourth-order valence-corrected chi connectivity index (χ4v) is 4.70. The minimum absolute atomic E-state index is 0.185. The lowest BCUT2D eigenvalue weighted by Gasteiger charge is -2.24. The second kappa shape index (κ2) is 8.65. The molecule has 2 N–H and O–H groups in total. The van der Waals surface area contributed by atoms with Gasteiger partial charge in [-0.05, 0) is 54.0 Å². The summed E-state index contributed by atoms with van der Waals surface area (Å²) in [6, 6.07) is 14.6. The van der Waals surface area contributed by atoms with Gasteiger partial charge in [-0.3, -0.25) is 14.5 Å². The van der Waals surface area contributed by atoms with Crippen molar-refractivity contribution in [3.63, 3.8) is 0 Å². The van der Waals surface area contributed by atoms with Crippen LogP contribution in [0, 0.1) is 5.92 Å². The number of benzene rings is 2. The second-order valence-corrected chi connectivity index (χ2v) is 8.91. The van der Waals surface area contributed by atoms with Crippen LogP contribution in [-0.2, 0) is 21.5 Å². The molecule has 4 amide bonds. The molecule has 32 heavy (non-hydrogen) atoms. The van der Waals surface area contributed by atoms with Crippen molar-refractivity contribution in [2.75, 3.05) is 13.7 Å². The molecule has 7 heteroatoms. The minimum atomic E-state index is -1.13. The van der Waals surface area contributed by atoms with Crippen molar-refractivity contribution in [2.45, 2.75) is 44.7 Å². The highest BCUT2D eigenvalue weighted by molar-refractivity contribution is 6.10. The first-order valence-corrected chi connectivity index (χ1v) is 11.0. The maximum atomic E-state index is 13.4. The van der Waals surface area contributed by atoms with E-state index in [1.165, 1.54) is 0 Å². The Labute approximate surface area is 188 Å². The van der Waals surface area contributed by atoms with Gasteiger partial charge in [-0.15, -0.1) is 0 Å². The zero-order chi connectivity index (χ0) is 22.9. The fourth-order valence-electron chi connectivity index (χ4n) is 4.70. The number of methoxy groups -OCH3 is 1. The van der Waals surface area contributed by atoms with Crippen LogP contribution in [-0.4, -0.2) is 36.4 Å². The average Bonchev–Trinajstić information content (AvgIpc) is 3.26. The fraction of sp³-hybridized carbons (Fsp3) is 0.400. The highest BCUT2D eigenvalue weighted by Crippen LogP contribution is 2.42. The summed E-state index contributed by atoms with van der Waals surface area (Å²) >= 11 is 0. The lowest BCUT2D eigenvalue weighted by atomic mass is 9.91. The van der Waals surface area contributed by atoms with Gasteiger partial charge >= 0.3 is 6.03 Å². The summed E-state index contributed by atoms with van der Waals surface area (Å²) in [5.41, 5.74) is 1.63. The standard InChI is InChI=1S/C25H29N3O4/c1-16(2)13-21(18-7-5-4-6-8-18)26-22(29)15-28-23(30)25(27-24(28)31)12-11-17-9-10-19(32-3)14-20(17)25/h4-10,14,16,21H,11-13,15H2,1-3H3,(H,26,29)(H,27,31)/t21-,25-/m1/s1. The van der Waals surface area contributed by atoms with E-state index in [9.17, 15) is 14.4 Å².